The van der Waals surface area contributed by atoms with Gasteiger partial charge >= 0.3 is 0 Å². The van der Waals surface area contributed by atoms with Crippen LogP contribution >= 0.6 is 11.3 Å². The van der Waals surface area contributed by atoms with Crippen LogP contribution in [-0.2, 0) is 0 Å². The topological polar surface area (TPSA) is 59.3 Å². The number of fused-ring (bicyclic) bond motifs is 2. The van der Waals surface area contributed by atoms with Crippen LogP contribution in [0.15, 0.2) is 42.9 Å². The van der Waals surface area contributed by atoms with Gasteiger partial charge in [-0.05, 0) is 19.1 Å². The third-order valence-electron chi connectivity index (χ3n) is 3.40. The van der Waals surface area contributed by atoms with Crippen LogP contribution in [0.3, 0.4) is 0 Å². The van der Waals surface area contributed by atoms with Gasteiger partial charge in [-0.3, -0.25) is 4.79 Å². The minimum Gasteiger partial charge on any atom is -0.320 e. The van der Waals surface area contributed by atoms with Crippen LogP contribution in [0.25, 0.3) is 15.9 Å². The lowest BCUT2D eigenvalue weighted by atomic mass is 10.3. The Bertz CT molecular complexity index is 1020. The molecule has 0 bridgehead atoms. The Labute approximate surface area is 134 Å². The van der Waals surface area contributed by atoms with Gasteiger partial charge in [0.1, 0.15) is 4.83 Å². The third kappa shape index (κ3) is 2.44. The van der Waals surface area contributed by atoms with Gasteiger partial charge in [0, 0.05) is 30.0 Å². The molecule has 0 radical (unpaired) electrons. The van der Waals surface area contributed by atoms with Gasteiger partial charge in [0.15, 0.2) is 11.5 Å². The van der Waals surface area contributed by atoms with E-state index in [0.29, 0.717) is 16.3 Å². The zero-order chi connectivity index (χ0) is 16.0. The van der Waals surface area contributed by atoms with Gasteiger partial charge in [-0.15, -0.1) is 11.3 Å². The highest BCUT2D eigenvalue weighted by Gasteiger charge is 2.13. The number of halogens is 1. The predicted molar refractivity (Wildman–Crippen MR) is 87.5 cm³/mol. The third-order valence-corrected chi connectivity index (χ3v) is 4.46. The highest BCUT2D eigenvalue weighted by molar-refractivity contribution is 7.20. The second kappa shape index (κ2) is 5.13. The van der Waals surface area contributed by atoms with Gasteiger partial charge in [-0.1, -0.05) is 6.07 Å². The molecule has 7 heteroatoms. The molecule has 1 amide bonds. The number of amides is 1. The molecule has 0 atom stereocenters. The molecule has 0 saturated heterocycles. The summed E-state index contributed by atoms with van der Waals surface area (Å²) >= 11 is 1.30. The Balaban J connectivity index is 1.67. The zero-order valence-corrected chi connectivity index (χ0v) is 12.9. The highest BCUT2D eigenvalue weighted by atomic mass is 32.1. The Morgan fingerprint density at radius 2 is 2.22 bits per heavy atom. The van der Waals surface area contributed by atoms with E-state index >= 15 is 0 Å². The second-order valence-electron chi connectivity index (χ2n) is 5.15. The van der Waals surface area contributed by atoms with Crippen molar-refractivity contribution in [1.29, 1.82) is 0 Å². The van der Waals surface area contributed by atoms with Crippen LogP contribution in [0.5, 0.6) is 0 Å². The summed E-state index contributed by atoms with van der Waals surface area (Å²) in [5, 5.41) is 3.63. The van der Waals surface area contributed by atoms with E-state index in [4.69, 9.17) is 0 Å². The van der Waals surface area contributed by atoms with Crippen LogP contribution < -0.4 is 5.32 Å². The molecule has 1 N–H and O–H groups in total. The molecule has 4 aromatic rings. The average molecular weight is 326 g/mol. The zero-order valence-electron chi connectivity index (χ0n) is 12.1. The maximum absolute atomic E-state index is 14.0. The van der Waals surface area contributed by atoms with Gasteiger partial charge in [-0.25, -0.2) is 14.4 Å². The first-order chi connectivity index (χ1) is 11.1. The van der Waals surface area contributed by atoms with Crippen LogP contribution in [0.2, 0.25) is 0 Å². The number of aromatic nitrogens is 3. The Morgan fingerprint density at radius 3 is 3.04 bits per heavy atom. The van der Waals surface area contributed by atoms with Crippen LogP contribution in [-0.4, -0.2) is 20.3 Å². The molecule has 5 nitrogen and oxygen atoms in total. The number of hydrogen-bond acceptors (Lipinski definition) is 4. The lowest BCUT2D eigenvalue weighted by molar-refractivity contribution is 0.103. The molecule has 4 rings (SSSR count). The largest absolute Gasteiger partial charge is 0.320 e. The molecule has 0 unspecified atom stereocenters. The number of nitrogens with one attached hydrogen (secondary N) is 1. The summed E-state index contributed by atoms with van der Waals surface area (Å²) in [6, 6.07) is 6.76. The molecule has 0 aliphatic heterocycles. The molecule has 23 heavy (non-hydrogen) atoms. The molecule has 0 saturated carbocycles. The normalized spacial score (nSPS) is 11.2. The number of thiophene rings is 1. The maximum atomic E-state index is 14.0. The van der Waals surface area contributed by atoms with E-state index in [2.05, 4.69) is 15.3 Å². The van der Waals surface area contributed by atoms with Crippen molar-refractivity contribution in [1.82, 2.24) is 14.4 Å². The first kappa shape index (κ1) is 13.8. The summed E-state index contributed by atoms with van der Waals surface area (Å²) in [6.45, 7) is 1.79. The van der Waals surface area contributed by atoms with E-state index in [9.17, 15) is 9.18 Å². The van der Waals surface area contributed by atoms with Crippen LogP contribution in [0, 0.1) is 12.7 Å². The van der Waals surface area contributed by atoms with Gasteiger partial charge in [0.2, 0.25) is 0 Å². The second-order valence-corrected chi connectivity index (χ2v) is 6.18. The summed E-state index contributed by atoms with van der Waals surface area (Å²) in [6.07, 6.45) is 5.03. The van der Waals surface area contributed by atoms with Crippen molar-refractivity contribution in [3.8, 4) is 0 Å². The molecule has 0 spiro atoms. The fourth-order valence-corrected chi connectivity index (χ4v) is 3.32. The summed E-state index contributed by atoms with van der Waals surface area (Å²) in [5.74, 6) is -0.766. The van der Waals surface area contributed by atoms with E-state index in [-0.39, 0.29) is 11.6 Å². The number of nitrogens with zero attached hydrogens (tertiary/aromatic N) is 3. The summed E-state index contributed by atoms with van der Waals surface area (Å²) in [4.78, 5) is 22.0. The molecule has 0 aliphatic rings. The van der Waals surface area contributed by atoms with Gasteiger partial charge in [0.05, 0.1) is 16.3 Å². The quantitative estimate of drug-likeness (QED) is 0.612. The molecule has 0 fully saturated rings. The van der Waals surface area contributed by atoms with Crippen molar-refractivity contribution in [3.63, 3.8) is 0 Å². The average Bonchev–Trinajstić information content (AvgIpc) is 3.10. The van der Waals surface area contributed by atoms with E-state index < -0.39 is 5.82 Å². The molecular formula is C16H11FN4OS. The maximum Gasteiger partial charge on any atom is 0.265 e. The number of hydrogen-bond donors (Lipinski definition) is 1. The van der Waals surface area contributed by atoms with Crippen molar-refractivity contribution in [3.05, 3.63) is 59.2 Å². The number of pyridine rings is 2. The molecule has 4 aromatic heterocycles. The van der Waals surface area contributed by atoms with Crippen molar-refractivity contribution in [2.45, 2.75) is 6.92 Å². The highest BCUT2D eigenvalue weighted by Crippen LogP contribution is 2.24. The Morgan fingerprint density at radius 1 is 1.35 bits per heavy atom. The molecule has 4 heterocycles. The first-order valence-corrected chi connectivity index (χ1v) is 7.72. The van der Waals surface area contributed by atoms with Crippen molar-refractivity contribution in [2.24, 2.45) is 0 Å². The molecule has 0 aliphatic carbocycles. The number of imidazole rings is 1. The van der Waals surface area contributed by atoms with Crippen LogP contribution in [0.1, 0.15) is 15.4 Å². The number of anilines is 1. The van der Waals surface area contributed by atoms with Crippen molar-refractivity contribution in [2.75, 3.05) is 5.32 Å². The van der Waals surface area contributed by atoms with Crippen LogP contribution in [0.4, 0.5) is 10.1 Å². The number of rotatable bonds is 2. The van der Waals surface area contributed by atoms with E-state index in [1.807, 2.05) is 12.1 Å². The molecular weight excluding hydrogens is 315 g/mol. The Hall–Kier alpha value is -2.80. The fourth-order valence-electron chi connectivity index (χ4n) is 2.43. The Kier molecular flexibility index (Phi) is 3.09. The van der Waals surface area contributed by atoms with Gasteiger partial charge in [0.25, 0.3) is 5.91 Å². The standard InChI is InChI=1S/C16H11FN4OS/c1-9-7-21-8-11(6-12(17)14(21)19-9)20-15(22)13-5-10-3-2-4-18-16(10)23-13/h2-8H,1H3,(H,20,22). The fraction of sp³-hybridized carbons (Fsp3) is 0.0625. The first-order valence-electron chi connectivity index (χ1n) is 6.91. The SMILES string of the molecule is Cc1cn2cc(NC(=O)c3cc4cccnc4s3)cc(F)c2n1. The minimum atomic E-state index is -0.478. The number of carbonyl (C=O) groups excluding carboxylic acids is 1. The van der Waals surface area contributed by atoms with E-state index in [0.717, 1.165) is 10.2 Å². The molecule has 114 valence electrons. The number of aryl methyl sites for hydroxylation is 1. The summed E-state index contributed by atoms with van der Waals surface area (Å²) in [5.41, 5.74) is 1.33. The lowest BCUT2D eigenvalue weighted by Crippen LogP contribution is -2.11. The van der Waals surface area contributed by atoms with Crippen molar-refractivity contribution >= 4 is 38.8 Å². The van der Waals surface area contributed by atoms with E-state index in [1.165, 1.54) is 17.4 Å². The van der Waals surface area contributed by atoms with Gasteiger partial charge in [-0.2, -0.15) is 0 Å². The smallest absolute Gasteiger partial charge is 0.265 e. The molecule has 0 aromatic carbocycles. The van der Waals surface area contributed by atoms with Crippen molar-refractivity contribution < 1.29 is 9.18 Å². The predicted octanol–water partition coefficient (Wildman–Crippen LogP) is 3.64. The summed E-state index contributed by atoms with van der Waals surface area (Å²) < 4.78 is 15.6. The van der Waals surface area contributed by atoms with Gasteiger partial charge < -0.3 is 9.72 Å². The summed E-state index contributed by atoms with van der Waals surface area (Å²) in [7, 11) is 0. The monoisotopic (exact) mass is 326 g/mol. The lowest BCUT2D eigenvalue weighted by Gasteiger charge is -2.05. The number of carbonyl (C=O) groups is 1. The minimum absolute atomic E-state index is 0.242. The van der Waals surface area contributed by atoms with E-state index in [1.54, 1.807) is 36.0 Å².